The molecule has 0 saturated carbocycles. The van der Waals surface area contributed by atoms with Gasteiger partial charge in [-0.25, -0.2) is 4.39 Å². The molecule has 1 aliphatic rings. The van der Waals surface area contributed by atoms with E-state index in [1.54, 1.807) is 23.1 Å². The molecule has 142 valence electrons. The second-order valence-corrected chi connectivity index (χ2v) is 6.75. The SMILES string of the molecule is Cc1cccc(N2CCN(C(=O)CC(=O)NCc3ccccc3F)CC2)c1. The smallest absolute Gasteiger partial charge is 0.232 e. The minimum absolute atomic E-state index is 0.0833. The van der Waals surface area contributed by atoms with Gasteiger partial charge in [0.05, 0.1) is 0 Å². The fourth-order valence-corrected chi connectivity index (χ4v) is 3.19. The lowest BCUT2D eigenvalue weighted by Crippen LogP contribution is -2.49. The van der Waals surface area contributed by atoms with Crippen molar-refractivity contribution in [1.82, 2.24) is 10.2 Å². The van der Waals surface area contributed by atoms with Crippen molar-refractivity contribution >= 4 is 17.5 Å². The molecule has 1 N–H and O–H groups in total. The molecule has 0 radical (unpaired) electrons. The first kappa shape index (κ1) is 18.9. The van der Waals surface area contributed by atoms with Crippen LogP contribution in [0.3, 0.4) is 0 Å². The summed E-state index contributed by atoms with van der Waals surface area (Å²) in [5, 5.41) is 2.61. The van der Waals surface area contributed by atoms with Gasteiger partial charge in [0.1, 0.15) is 12.2 Å². The first-order chi connectivity index (χ1) is 13.0. The first-order valence-corrected chi connectivity index (χ1v) is 9.12. The predicted molar refractivity (Wildman–Crippen MR) is 103 cm³/mol. The normalized spacial score (nSPS) is 14.1. The minimum Gasteiger partial charge on any atom is -0.368 e. The Balaban J connectivity index is 1.45. The number of rotatable bonds is 5. The number of nitrogens with one attached hydrogen (secondary N) is 1. The maximum atomic E-state index is 13.6. The summed E-state index contributed by atoms with van der Waals surface area (Å²) in [5.74, 6) is -0.939. The van der Waals surface area contributed by atoms with E-state index in [9.17, 15) is 14.0 Å². The topological polar surface area (TPSA) is 52.7 Å². The van der Waals surface area contributed by atoms with Gasteiger partial charge < -0.3 is 15.1 Å². The van der Waals surface area contributed by atoms with Gasteiger partial charge >= 0.3 is 0 Å². The van der Waals surface area contributed by atoms with Crippen molar-refractivity contribution in [1.29, 1.82) is 0 Å². The van der Waals surface area contributed by atoms with Crippen molar-refractivity contribution in [2.75, 3.05) is 31.1 Å². The van der Waals surface area contributed by atoms with Gasteiger partial charge in [-0.05, 0) is 30.7 Å². The number of aryl methyl sites for hydroxylation is 1. The number of anilines is 1. The average Bonchev–Trinajstić information content (AvgIpc) is 2.67. The average molecular weight is 369 g/mol. The number of amides is 2. The molecule has 1 fully saturated rings. The van der Waals surface area contributed by atoms with Gasteiger partial charge in [-0.3, -0.25) is 9.59 Å². The van der Waals surface area contributed by atoms with Gasteiger partial charge in [0.15, 0.2) is 0 Å². The van der Waals surface area contributed by atoms with E-state index in [0.717, 1.165) is 18.8 Å². The number of piperazine rings is 1. The van der Waals surface area contributed by atoms with Crippen LogP contribution in [0.25, 0.3) is 0 Å². The van der Waals surface area contributed by atoms with Crippen LogP contribution in [0, 0.1) is 12.7 Å². The lowest BCUT2D eigenvalue weighted by molar-refractivity contribution is -0.136. The van der Waals surface area contributed by atoms with E-state index in [4.69, 9.17) is 0 Å². The van der Waals surface area contributed by atoms with Crippen LogP contribution in [-0.4, -0.2) is 42.9 Å². The maximum absolute atomic E-state index is 13.6. The zero-order valence-corrected chi connectivity index (χ0v) is 15.5. The van der Waals surface area contributed by atoms with E-state index in [1.807, 2.05) is 6.07 Å². The molecule has 0 spiro atoms. The van der Waals surface area contributed by atoms with Gasteiger partial charge in [-0.15, -0.1) is 0 Å². The van der Waals surface area contributed by atoms with Crippen LogP contribution in [0.4, 0.5) is 10.1 Å². The van der Waals surface area contributed by atoms with Crippen molar-refractivity contribution in [2.24, 2.45) is 0 Å². The second-order valence-electron chi connectivity index (χ2n) is 6.75. The highest BCUT2D eigenvalue weighted by Crippen LogP contribution is 2.18. The van der Waals surface area contributed by atoms with Crippen LogP contribution in [0.1, 0.15) is 17.5 Å². The Morgan fingerprint density at radius 3 is 2.48 bits per heavy atom. The molecule has 0 aliphatic carbocycles. The summed E-state index contributed by atoms with van der Waals surface area (Å²) in [6.45, 7) is 4.81. The highest BCUT2D eigenvalue weighted by molar-refractivity contribution is 5.96. The van der Waals surface area contributed by atoms with E-state index >= 15 is 0 Å². The number of halogens is 1. The molecule has 27 heavy (non-hydrogen) atoms. The Morgan fingerprint density at radius 1 is 1.04 bits per heavy atom. The minimum atomic E-state index is -0.385. The molecule has 0 atom stereocenters. The number of carbonyl (C=O) groups excluding carboxylic acids is 2. The van der Waals surface area contributed by atoms with Crippen molar-refractivity contribution in [3.05, 3.63) is 65.5 Å². The van der Waals surface area contributed by atoms with Crippen LogP contribution in [0.2, 0.25) is 0 Å². The molecule has 1 aliphatic heterocycles. The Bertz CT molecular complexity index is 817. The first-order valence-electron chi connectivity index (χ1n) is 9.12. The Kier molecular flexibility index (Phi) is 6.06. The molecule has 3 rings (SSSR count). The van der Waals surface area contributed by atoms with Crippen LogP contribution >= 0.6 is 0 Å². The highest BCUT2D eigenvalue weighted by Gasteiger charge is 2.23. The molecule has 2 aromatic carbocycles. The fraction of sp³-hybridized carbons (Fsp3) is 0.333. The molecule has 0 bridgehead atoms. The summed E-state index contributed by atoms with van der Waals surface area (Å²) in [5.41, 5.74) is 2.77. The van der Waals surface area contributed by atoms with Gasteiger partial charge in [0.2, 0.25) is 11.8 Å². The number of carbonyl (C=O) groups is 2. The van der Waals surface area contributed by atoms with Crippen LogP contribution in [0.5, 0.6) is 0 Å². The molecule has 6 heteroatoms. The van der Waals surface area contributed by atoms with E-state index in [-0.39, 0.29) is 30.6 Å². The van der Waals surface area contributed by atoms with Crippen LogP contribution in [-0.2, 0) is 16.1 Å². The number of nitrogens with zero attached hydrogens (tertiary/aromatic N) is 2. The van der Waals surface area contributed by atoms with E-state index < -0.39 is 0 Å². The molecule has 0 aromatic heterocycles. The molecule has 1 saturated heterocycles. The van der Waals surface area contributed by atoms with Gasteiger partial charge in [-0.1, -0.05) is 30.3 Å². The third kappa shape index (κ3) is 5.06. The fourth-order valence-electron chi connectivity index (χ4n) is 3.19. The lowest BCUT2D eigenvalue weighted by atomic mass is 10.2. The molecule has 0 unspecified atom stereocenters. The van der Waals surface area contributed by atoms with Crippen molar-refractivity contribution in [3.8, 4) is 0 Å². The summed E-state index contributed by atoms with van der Waals surface area (Å²) < 4.78 is 13.6. The molecule has 2 amide bonds. The molecular formula is C21H24FN3O2. The third-order valence-corrected chi connectivity index (χ3v) is 4.74. The van der Waals surface area contributed by atoms with Crippen molar-refractivity contribution in [2.45, 2.75) is 19.9 Å². The summed E-state index contributed by atoms with van der Waals surface area (Å²) in [6.07, 6.45) is -0.209. The summed E-state index contributed by atoms with van der Waals surface area (Å²) in [4.78, 5) is 28.3. The highest BCUT2D eigenvalue weighted by atomic mass is 19.1. The van der Waals surface area contributed by atoms with Gasteiger partial charge in [0.25, 0.3) is 0 Å². The number of benzene rings is 2. The van der Waals surface area contributed by atoms with Gasteiger partial charge in [0, 0.05) is 44.0 Å². The Labute approximate surface area is 158 Å². The zero-order valence-electron chi connectivity index (χ0n) is 15.5. The maximum Gasteiger partial charge on any atom is 0.232 e. The molecule has 2 aromatic rings. The second kappa shape index (κ2) is 8.66. The monoisotopic (exact) mass is 369 g/mol. The van der Waals surface area contributed by atoms with E-state index in [1.165, 1.54) is 11.6 Å². The van der Waals surface area contributed by atoms with E-state index in [2.05, 4.69) is 35.3 Å². The Hall–Kier alpha value is -2.89. The molecule has 1 heterocycles. The van der Waals surface area contributed by atoms with Crippen LogP contribution < -0.4 is 10.2 Å². The summed E-state index contributed by atoms with van der Waals surface area (Å²) >= 11 is 0. The van der Waals surface area contributed by atoms with Gasteiger partial charge in [-0.2, -0.15) is 0 Å². The number of hydrogen-bond donors (Lipinski definition) is 1. The predicted octanol–water partition coefficient (Wildman–Crippen LogP) is 2.49. The van der Waals surface area contributed by atoms with E-state index in [0.29, 0.717) is 18.7 Å². The Morgan fingerprint density at radius 2 is 1.78 bits per heavy atom. The summed E-state index contributed by atoms with van der Waals surface area (Å²) in [7, 11) is 0. The standard InChI is InChI=1S/C21H24FN3O2/c1-16-5-4-7-18(13-16)24-9-11-25(12-10-24)21(27)14-20(26)23-15-17-6-2-3-8-19(17)22/h2-8,13H,9-12,14-15H2,1H3,(H,23,26). The summed E-state index contributed by atoms with van der Waals surface area (Å²) in [6, 6.07) is 14.6. The van der Waals surface area contributed by atoms with Crippen LogP contribution in [0.15, 0.2) is 48.5 Å². The largest absolute Gasteiger partial charge is 0.368 e. The quantitative estimate of drug-likeness (QED) is 0.824. The van der Waals surface area contributed by atoms with Crippen molar-refractivity contribution < 1.29 is 14.0 Å². The molecular weight excluding hydrogens is 345 g/mol. The van der Waals surface area contributed by atoms with Crippen molar-refractivity contribution in [3.63, 3.8) is 0 Å². The molecule has 5 nitrogen and oxygen atoms in total. The number of hydrogen-bond acceptors (Lipinski definition) is 3. The third-order valence-electron chi connectivity index (χ3n) is 4.74. The lowest BCUT2D eigenvalue weighted by Gasteiger charge is -2.36. The zero-order chi connectivity index (χ0) is 19.2.